The molecule has 1 saturated heterocycles. The molecule has 4 heteroatoms. The van der Waals surface area contributed by atoms with E-state index in [1.807, 2.05) is 18.3 Å². The predicted octanol–water partition coefficient (Wildman–Crippen LogP) is 2.43. The lowest BCUT2D eigenvalue weighted by atomic mass is 9.95. The van der Waals surface area contributed by atoms with Crippen LogP contribution in [-0.2, 0) is 6.54 Å². The number of rotatable bonds is 3. The Morgan fingerprint density at radius 3 is 2.50 bits per heavy atom. The van der Waals surface area contributed by atoms with Gasteiger partial charge in [-0.2, -0.15) is 0 Å². The summed E-state index contributed by atoms with van der Waals surface area (Å²) in [4.78, 5) is 6.78. The highest BCUT2D eigenvalue weighted by Crippen LogP contribution is 2.26. The van der Waals surface area contributed by atoms with E-state index in [1.54, 1.807) is 0 Å². The molecule has 1 aromatic carbocycles. The second-order valence-electron chi connectivity index (χ2n) is 5.20. The van der Waals surface area contributed by atoms with E-state index in [0.29, 0.717) is 5.92 Å². The van der Waals surface area contributed by atoms with Gasteiger partial charge in [-0.1, -0.05) is 36.4 Å². The molecule has 1 aliphatic heterocycles. The SMILES string of the molecule is Cl.N[C@@H]1CN(Cc2ccccn2)C[C@H]1c1ccccc1. The third kappa shape index (κ3) is 3.37. The van der Waals surface area contributed by atoms with Crippen molar-refractivity contribution in [2.75, 3.05) is 13.1 Å². The normalized spacial score (nSPS) is 22.4. The summed E-state index contributed by atoms with van der Waals surface area (Å²) >= 11 is 0. The van der Waals surface area contributed by atoms with Crippen molar-refractivity contribution in [2.45, 2.75) is 18.5 Å². The van der Waals surface area contributed by atoms with Gasteiger partial charge >= 0.3 is 0 Å². The molecule has 0 spiro atoms. The fraction of sp³-hybridized carbons (Fsp3) is 0.312. The summed E-state index contributed by atoms with van der Waals surface area (Å²) in [7, 11) is 0. The largest absolute Gasteiger partial charge is 0.326 e. The molecule has 2 N–H and O–H groups in total. The Hall–Kier alpha value is -1.42. The monoisotopic (exact) mass is 289 g/mol. The van der Waals surface area contributed by atoms with Gasteiger partial charge in [0.2, 0.25) is 0 Å². The van der Waals surface area contributed by atoms with Crippen molar-refractivity contribution in [2.24, 2.45) is 5.73 Å². The molecular weight excluding hydrogens is 270 g/mol. The smallest absolute Gasteiger partial charge is 0.0543 e. The highest BCUT2D eigenvalue weighted by Gasteiger charge is 2.31. The van der Waals surface area contributed by atoms with Gasteiger partial charge in [-0.15, -0.1) is 12.4 Å². The number of halogens is 1. The van der Waals surface area contributed by atoms with Crippen LogP contribution in [0.4, 0.5) is 0 Å². The zero-order valence-corrected chi connectivity index (χ0v) is 12.2. The number of nitrogens with zero attached hydrogens (tertiary/aromatic N) is 2. The topological polar surface area (TPSA) is 42.1 Å². The molecule has 106 valence electrons. The van der Waals surface area contributed by atoms with Crippen molar-refractivity contribution < 1.29 is 0 Å². The number of pyridine rings is 1. The third-order valence-corrected chi connectivity index (χ3v) is 3.78. The fourth-order valence-electron chi connectivity index (χ4n) is 2.82. The lowest BCUT2D eigenvalue weighted by molar-refractivity contribution is 0.320. The van der Waals surface area contributed by atoms with Crippen LogP contribution in [0.15, 0.2) is 54.7 Å². The number of hydrogen-bond acceptors (Lipinski definition) is 3. The summed E-state index contributed by atoms with van der Waals surface area (Å²) in [5.41, 5.74) is 8.75. The summed E-state index contributed by atoms with van der Waals surface area (Å²) in [6, 6.07) is 16.8. The first kappa shape index (κ1) is 15.0. The lowest BCUT2D eigenvalue weighted by Crippen LogP contribution is -2.28. The van der Waals surface area contributed by atoms with E-state index in [9.17, 15) is 0 Å². The van der Waals surface area contributed by atoms with Crippen molar-refractivity contribution in [1.82, 2.24) is 9.88 Å². The molecule has 0 unspecified atom stereocenters. The first-order valence-corrected chi connectivity index (χ1v) is 6.76. The molecule has 20 heavy (non-hydrogen) atoms. The molecule has 0 bridgehead atoms. The summed E-state index contributed by atoms with van der Waals surface area (Å²) in [5, 5.41) is 0. The van der Waals surface area contributed by atoms with E-state index in [4.69, 9.17) is 5.73 Å². The Morgan fingerprint density at radius 2 is 1.80 bits per heavy atom. The lowest BCUT2D eigenvalue weighted by Gasteiger charge is -2.15. The highest BCUT2D eigenvalue weighted by atomic mass is 35.5. The van der Waals surface area contributed by atoms with Crippen LogP contribution in [0.25, 0.3) is 0 Å². The molecule has 1 aliphatic rings. The maximum atomic E-state index is 6.29. The van der Waals surface area contributed by atoms with Crippen molar-refractivity contribution in [3.05, 3.63) is 66.0 Å². The first-order chi connectivity index (χ1) is 9.33. The van der Waals surface area contributed by atoms with Gasteiger partial charge in [0.1, 0.15) is 0 Å². The molecule has 2 aromatic rings. The van der Waals surface area contributed by atoms with Gasteiger partial charge in [0.25, 0.3) is 0 Å². The molecule has 3 rings (SSSR count). The number of likely N-dealkylation sites (tertiary alicyclic amines) is 1. The van der Waals surface area contributed by atoms with Crippen LogP contribution in [0.5, 0.6) is 0 Å². The Bertz CT molecular complexity index is 518. The molecule has 0 aliphatic carbocycles. The molecule has 0 radical (unpaired) electrons. The van der Waals surface area contributed by atoms with Gasteiger partial charge in [-0.05, 0) is 17.7 Å². The molecule has 0 saturated carbocycles. The molecule has 2 heterocycles. The minimum absolute atomic E-state index is 0. The van der Waals surface area contributed by atoms with Crippen molar-refractivity contribution in [3.8, 4) is 0 Å². The number of benzene rings is 1. The zero-order chi connectivity index (χ0) is 13.1. The van der Waals surface area contributed by atoms with Crippen LogP contribution < -0.4 is 5.73 Å². The van der Waals surface area contributed by atoms with E-state index < -0.39 is 0 Å². The van der Waals surface area contributed by atoms with Gasteiger partial charge in [-0.3, -0.25) is 9.88 Å². The van der Waals surface area contributed by atoms with E-state index >= 15 is 0 Å². The standard InChI is InChI=1S/C16H19N3.ClH/c17-16-12-19(10-14-8-4-5-9-18-14)11-15(16)13-6-2-1-3-7-13;/h1-9,15-16H,10-12,17H2;1H/t15-,16+;/m0./s1. The maximum Gasteiger partial charge on any atom is 0.0543 e. The highest BCUT2D eigenvalue weighted by molar-refractivity contribution is 5.85. The van der Waals surface area contributed by atoms with Gasteiger partial charge in [0.15, 0.2) is 0 Å². The van der Waals surface area contributed by atoms with Crippen LogP contribution >= 0.6 is 12.4 Å². The van der Waals surface area contributed by atoms with Gasteiger partial charge < -0.3 is 5.73 Å². The fourth-order valence-corrected chi connectivity index (χ4v) is 2.82. The number of hydrogen-bond donors (Lipinski definition) is 1. The Kier molecular flexibility index (Phi) is 5.12. The summed E-state index contributed by atoms with van der Waals surface area (Å²) in [5.74, 6) is 0.435. The van der Waals surface area contributed by atoms with Crippen molar-refractivity contribution in [3.63, 3.8) is 0 Å². The minimum Gasteiger partial charge on any atom is -0.326 e. The van der Waals surface area contributed by atoms with Gasteiger partial charge in [-0.25, -0.2) is 0 Å². The van der Waals surface area contributed by atoms with Crippen LogP contribution in [0, 0.1) is 0 Å². The Labute approximate surface area is 126 Å². The van der Waals surface area contributed by atoms with Crippen LogP contribution in [-0.4, -0.2) is 29.0 Å². The summed E-state index contributed by atoms with van der Waals surface area (Å²) in [6.07, 6.45) is 1.85. The van der Waals surface area contributed by atoms with Crippen molar-refractivity contribution in [1.29, 1.82) is 0 Å². The second-order valence-corrected chi connectivity index (χ2v) is 5.20. The molecular formula is C16H20ClN3. The van der Waals surface area contributed by atoms with Crippen molar-refractivity contribution >= 4 is 12.4 Å². The predicted molar refractivity (Wildman–Crippen MR) is 83.9 cm³/mol. The van der Waals surface area contributed by atoms with E-state index in [1.165, 1.54) is 5.56 Å². The maximum absolute atomic E-state index is 6.29. The molecule has 1 fully saturated rings. The van der Waals surface area contributed by atoms with E-state index in [2.05, 4.69) is 46.3 Å². The first-order valence-electron chi connectivity index (χ1n) is 6.76. The quantitative estimate of drug-likeness (QED) is 0.944. The average molecular weight is 290 g/mol. The minimum atomic E-state index is 0. The average Bonchev–Trinajstić information content (AvgIpc) is 2.82. The van der Waals surface area contributed by atoms with Crippen LogP contribution in [0.3, 0.4) is 0 Å². The molecule has 1 aromatic heterocycles. The molecule has 2 atom stereocenters. The van der Waals surface area contributed by atoms with Gasteiger partial charge in [0, 0.05) is 37.8 Å². The Morgan fingerprint density at radius 1 is 1.05 bits per heavy atom. The number of aromatic nitrogens is 1. The van der Waals surface area contributed by atoms with E-state index in [0.717, 1.165) is 25.3 Å². The molecule has 3 nitrogen and oxygen atoms in total. The van der Waals surface area contributed by atoms with Crippen LogP contribution in [0.1, 0.15) is 17.2 Å². The molecule has 0 amide bonds. The third-order valence-electron chi connectivity index (χ3n) is 3.78. The second kappa shape index (κ2) is 6.84. The summed E-state index contributed by atoms with van der Waals surface area (Å²) < 4.78 is 0. The van der Waals surface area contributed by atoms with Crippen LogP contribution in [0.2, 0.25) is 0 Å². The Balaban J connectivity index is 0.00000147. The zero-order valence-electron chi connectivity index (χ0n) is 11.4. The van der Waals surface area contributed by atoms with E-state index in [-0.39, 0.29) is 18.4 Å². The number of nitrogens with two attached hydrogens (primary N) is 1. The summed E-state index contributed by atoms with van der Waals surface area (Å²) in [6.45, 7) is 2.84. The van der Waals surface area contributed by atoms with Gasteiger partial charge in [0.05, 0.1) is 5.69 Å².